The third kappa shape index (κ3) is 10.1. The van der Waals surface area contributed by atoms with Gasteiger partial charge in [0.2, 0.25) is 5.91 Å². The van der Waals surface area contributed by atoms with E-state index in [0.29, 0.717) is 22.9 Å². The molecule has 1 aliphatic heterocycles. The van der Waals surface area contributed by atoms with Gasteiger partial charge in [-0.15, -0.1) is 11.3 Å². The van der Waals surface area contributed by atoms with Gasteiger partial charge in [-0.05, 0) is 44.2 Å². The zero-order valence-electron chi connectivity index (χ0n) is 23.9. The Morgan fingerprint density at radius 3 is 2.55 bits per heavy atom. The highest BCUT2D eigenvalue weighted by atomic mass is 32.1. The van der Waals surface area contributed by atoms with Crippen LogP contribution in [0.5, 0.6) is 0 Å². The number of hydrogen-bond acceptors (Lipinski definition) is 5. The van der Waals surface area contributed by atoms with Crippen molar-refractivity contribution in [1.82, 2.24) is 14.9 Å². The van der Waals surface area contributed by atoms with E-state index in [1.807, 2.05) is 57.5 Å². The van der Waals surface area contributed by atoms with Gasteiger partial charge in [-0.2, -0.15) is 0 Å². The second-order valence-corrected chi connectivity index (χ2v) is 10.3. The molecular formula is C30H44N4O3S. The molecule has 0 bridgehead atoms. The number of aromatic nitrogens is 2. The lowest BCUT2D eigenvalue weighted by Gasteiger charge is -2.36. The first-order valence-electron chi connectivity index (χ1n) is 13.6. The number of benzene rings is 1. The van der Waals surface area contributed by atoms with Crippen LogP contribution in [0.1, 0.15) is 76.2 Å². The first-order valence-corrected chi connectivity index (χ1v) is 14.5. The molecule has 3 heterocycles. The third-order valence-corrected chi connectivity index (χ3v) is 7.05. The molecule has 0 radical (unpaired) electrons. The molecule has 4 rings (SSSR count). The van der Waals surface area contributed by atoms with Gasteiger partial charge in [-0.3, -0.25) is 9.59 Å². The van der Waals surface area contributed by atoms with Gasteiger partial charge in [0, 0.05) is 30.4 Å². The molecule has 1 aliphatic rings. The van der Waals surface area contributed by atoms with Crippen LogP contribution in [0.2, 0.25) is 0 Å². The van der Waals surface area contributed by atoms with E-state index in [1.54, 1.807) is 23.0 Å². The minimum Gasteiger partial charge on any atom is -0.375 e. The summed E-state index contributed by atoms with van der Waals surface area (Å²) < 4.78 is 7.44. The molecule has 208 valence electrons. The highest BCUT2D eigenvalue weighted by molar-refractivity contribution is 7.14. The van der Waals surface area contributed by atoms with Gasteiger partial charge in [0.05, 0.1) is 30.0 Å². The number of carbonyl (C=O) groups is 2. The molecule has 38 heavy (non-hydrogen) atoms. The lowest BCUT2D eigenvalue weighted by atomic mass is 9.93. The highest BCUT2D eigenvalue weighted by Gasteiger charge is 2.28. The molecule has 1 saturated heterocycles. The smallest absolute Gasteiger partial charge is 0.253 e. The summed E-state index contributed by atoms with van der Waals surface area (Å²) in [5.74, 6) is 0.252. The maximum absolute atomic E-state index is 12.0. The Labute approximate surface area is 232 Å². The Morgan fingerprint density at radius 1 is 1.21 bits per heavy atom. The van der Waals surface area contributed by atoms with Crippen molar-refractivity contribution in [1.29, 1.82) is 0 Å². The normalized spacial score (nSPS) is 16.6. The summed E-state index contributed by atoms with van der Waals surface area (Å²) in [7, 11) is 1.83. The van der Waals surface area contributed by atoms with Crippen LogP contribution in [0.4, 0.5) is 5.13 Å². The fourth-order valence-electron chi connectivity index (χ4n) is 3.92. The van der Waals surface area contributed by atoms with Crippen LogP contribution in [-0.2, 0) is 16.6 Å². The fraction of sp³-hybridized carbons (Fsp3) is 0.500. The van der Waals surface area contributed by atoms with Crippen molar-refractivity contribution in [3.8, 4) is 11.3 Å². The van der Waals surface area contributed by atoms with Gasteiger partial charge in [-0.25, -0.2) is 4.98 Å². The van der Waals surface area contributed by atoms with Crippen molar-refractivity contribution < 1.29 is 14.3 Å². The molecule has 0 spiro atoms. The number of amides is 2. The van der Waals surface area contributed by atoms with Crippen molar-refractivity contribution in [3.05, 3.63) is 59.2 Å². The van der Waals surface area contributed by atoms with Gasteiger partial charge < -0.3 is 19.9 Å². The number of ether oxygens (including phenoxy) is 1. The topological polar surface area (TPSA) is 85.3 Å². The number of nitrogens with one attached hydrogen (secondary N) is 2. The zero-order valence-corrected chi connectivity index (χ0v) is 24.7. The summed E-state index contributed by atoms with van der Waals surface area (Å²) in [6.07, 6.45) is 9.71. The monoisotopic (exact) mass is 540 g/mol. The lowest BCUT2D eigenvalue weighted by molar-refractivity contribution is -0.132. The van der Waals surface area contributed by atoms with Crippen LogP contribution in [-0.4, -0.2) is 40.1 Å². The van der Waals surface area contributed by atoms with E-state index >= 15 is 0 Å². The Balaban J connectivity index is 0.000000327. The fourth-order valence-corrected chi connectivity index (χ4v) is 4.65. The molecule has 0 aliphatic carbocycles. The molecule has 2 N–H and O–H groups in total. The van der Waals surface area contributed by atoms with Gasteiger partial charge in [-0.1, -0.05) is 64.8 Å². The van der Waals surface area contributed by atoms with Crippen LogP contribution in [0.15, 0.2) is 48.1 Å². The highest BCUT2D eigenvalue weighted by Crippen LogP contribution is 2.28. The van der Waals surface area contributed by atoms with E-state index in [-0.39, 0.29) is 18.4 Å². The number of anilines is 1. The summed E-state index contributed by atoms with van der Waals surface area (Å²) in [5, 5.41) is 7.70. The van der Waals surface area contributed by atoms with E-state index in [9.17, 15) is 9.59 Å². The standard InChI is InChI=1S/C18H18N4O2S.C10H20O.C2H6/c1-12-4-3-5-13(8-12)15-11-25-18(20-15)21-16(23)9-19-17(24)14-6-7-22(2)10-14;1-4-8(3)6-10-7-9(5-2)11-10;1-2/h3-8,10-11H,9H2,1-2H3,(H,19,24)(H,20,21,23);8-10H,4-7H2,1-3H3;1-2H3. The average Bonchev–Trinajstić information content (AvgIpc) is 3.55. The Hall–Kier alpha value is -2.97. The van der Waals surface area contributed by atoms with Gasteiger partial charge in [0.25, 0.3) is 5.91 Å². The molecular weight excluding hydrogens is 496 g/mol. The quantitative estimate of drug-likeness (QED) is 0.311. The summed E-state index contributed by atoms with van der Waals surface area (Å²) in [4.78, 5) is 28.3. The van der Waals surface area contributed by atoms with Crippen molar-refractivity contribution >= 4 is 28.3 Å². The minimum absolute atomic E-state index is 0.104. The Morgan fingerprint density at radius 2 is 1.95 bits per heavy atom. The molecule has 2 aromatic heterocycles. The lowest BCUT2D eigenvalue weighted by Crippen LogP contribution is -2.37. The molecule has 3 unspecified atom stereocenters. The summed E-state index contributed by atoms with van der Waals surface area (Å²) in [6.45, 7) is 12.7. The van der Waals surface area contributed by atoms with E-state index < -0.39 is 0 Å². The van der Waals surface area contributed by atoms with Crippen molar-refractivity contribution in [3.63, 3.8) is 0 Å². The SMILES string of the molecule is CC.CCC(C)CC1CC(CC)O1.Cc1cccc(-c2csc(NC(=O)CNC(=O)c3ccn(C)c3)n2)c1. The number of aryl methyl sites for hydroxylation is 2. The second kappa shape index (κ2) is 16.1. The van der Waals surface area contributed by atoms with Crippen LogP contribution < -0.4 is 10.6 Å². The minimum atomic E-state index is -0.311. The molecule has 7 nitrogen and oxygen atoms in total. The van der Waals surface area contributed by atoms with E-state index in [1.165, 1.54) is 37.0 Å². The molecule has 2 amide bonds. The molecule has 1 fully saturated rings. The molecule has 3 atom stereocenters. The van der Waals surface area contributed by atoms with Gasteiger partial charge in [0.1, 0.15) is 0 Å². The van der Waals surface area contributed by atoms with Gasteiger partial charge >= 0.3 is 0 Å². The van der Waals surface area contributed by atoms with E-state index in [4.69, 9.17) is 4.74 Å². The molecule has 1 aromatic carbocycles. The van der Waals surface area contributed by atoms with Gasteiger partial charge in [0.15, 0.2) is 5.13 Å². The second-order valence-electron chi connectivity index (χ2n) is 9.48. The third-order valence-electron chi connectivity index (χ3n) is 6.30. The molecule has 8 heteroatoms. The predicted octanol–water partition coefficient (Wildman–Crippen LogP) is 6.84. The number of thiazole rings is 1. The molecule has 3 aromatic rings. The van der Waals surface area contributed by atoms with E-state index in [2.05, 4.69) is 36.4 Å². The largest absolute Gasteiger partial charge is 0.375 e. The number of rotatable bonds is 9. The van der Waals surface area contributed by atoms with Crippen molar-refractivity contribution in [2.45, 2.75) is 79.4 Å². The maximum atomic E-state index is 12.0. The van der Waals surface area contributed by atoms with Crippen LogP contribution >= 0.6 is 11.3 Å². The van der Waals surface area contributed by atoms with Crippen LogP contribution in [0.25, 0.3) is 11.3 Å². The Kier molecular flexibility index (Phi) is 13.2. The summed E-state index contributed by atoms with van der Waals surface area (Å²) in [6, 6.07) is 9.71. The Bertz CT molecular complexity index is 1130. The number of nitrogens with zero attached hydrogens (tertiary/aromatic N) is 2. The first-order chi connectivity index (χ1) is 18.3. The predicted molar refractivity (Wildman–Crippen MR) is 158 cm³/mol. The number of hydrogen-bond donors (Lipinski definition) is 2. The number of carbonyl (C=O) groups excluding carboxylic acids is 2. The van der Waals surface area contributed by atoms with Crippen LogP contribution in [0.3, 0.4) is 0 Å². The average molecular weight is 541 g/mol. The van der Waals surface area contributed by atoms with E-state index in [0.717, 1.165) is 22.7 Å². The van der Waals surface area contributed by atoms with Crippen LogP contribution in [0, 0.1) is 12.8 Å². The summed E-state index contributed by atoms with van der Waals surface area (Å²) >= 11 is 1.35. The van der Waals surface area contributed by atoms with Crippen molar-refractivity contribution in [2.75, 3.05) is 11.9 Å². The first kappa shape index (κ1) is 31.2. The zero-order chi connectivity index (χ0) is 28.1. The molecule has 0 saturated carbocycles. The maximum Gasteiger partial charge on any atom is 0.253 e. The summed E-state index contributed by atoms with van der Waals surface area (Å²) in [5.41, 5.74) is 3.50. The van der Waals surface area contributed by atoms with Crippen molar-refractivity contribution in [2.24, 2.45) is 13.0 Å².